The smallest absolute Gasteiger partial charge is 0.254 e. The molecule has 0 aromatic heterocycles. The van der Waals surface area contributed by atoms with Gasteiger partial charge < -0.3 is 10.2 Å². The standard InChI is InChI=1S/C15H23FN2O/c1-10(2)14(18(4)5)9-17-15(19)12-7-6-11(3)8-13(12)16/h6-8,10,14H,9H2,1-5H3,(H,17,19). The fourth-order valence-corrected chi connectivity index (χ4v) is 2.11. The van der Waals surface area contributed by atoms with Crippen LogP contribution in [0.2, 0.25) is 0 Å². The van der Waals surface area contributed by atoms with Crippen LogP contribution in [0, 0.1) is 18.7 Å². The average Bonchev–Trinajstić information content (AvgIpc) is 2.27. The Labute approximate surface area is 114 Å². The maximum Gasteiger partial charge on any atom is 0.254 e. The molecule has 0 saturated carbocycles. The number of aryl methyl sites for hydroxylation is 1. The van der Waals surface area contributed by atoms with Crippen LogP contribution in [-0.2, 0) is 0 Å². The highest BCUT2D eigenvalue weighted by molar-refractivity contribution is 5.94. The largest absolute Gasteiger partial charge is 0.350 e. The Bertz CT molecular complexity index is 436. The Kier molecular flexibility index (Phi) is 5.48. The monoisotopic (exact) mass is 266 g/mol. The van der Waals surface area contributed by atoms with Crippen molar-refractivity contribution in [2.45, 2.75) is 26.8 Å². The highest BCUT2D eigenvalue weighted by atomic mass is 19.1. The van der Waals surface area contributed by atoms with Gasteiger partial charge in [0.15, 0.2) is 0 Å². The van der Waals surface area contributed by atoms with Crippen molar-refractivity contribution in [3.05, 3.63) is 35.1 Å². The van der Waals surface area contributed by atoms with Gasteiger partial charge in [-0.1, -0.05) is 19.9 Å². The number of carbonyl (C=O) groups is 1. The lowest BCUT2D eigenvalue weighted by Crippen LogP contribution is -2.43. The van der Waals surface area contributed by atoms with Crippen molar-refractivity contribution >= 4 is 5.91 Å². The van der Waals surface area contributed by atoms with Gasteiger partial charge in [-0.3, -0.25) is 4.79 Å². The molecule has 19 heavy (non-hydrogen) atoms. The molecule has 0 bridgehead atoms. The molecule has 0 aliphatic carbocycles. The van der Waals surface area contributed by atoms with Gasteiger partial charge in [-0.25, -0.2) is 4.39 Å². The van der Waals surface area contributed by atoms with Crippen molar-refractivity contribution in [2.24, 2.45) is 5.92 Å². The number of nitrogens with one attached hydrogen (secondary N) is 1. The van der Waals surface area contributed by atoms with Crippen molar-refractivity contribution < 1.29 is 9.18 Å². The second-order valence-electron chi connectivity index (χ2n) is 5.47. The van der Waals surface area contributed by atoms with Gasteiger partial charge in [0.05, 0.1) is 5.56 Å². The van der Waals surface area contributed by atoms with E-state index >= 15 is 0 Å². The van der Waals surface area contributed by atoms with Crippen LogP contribution in [0.4, 0.5) is 4.39 Å². The van der Waals surface area contributed by atoms with Crippen LogP contribution in [0.25, 0.3) is 0 Å². The average molecular weight is 266 g/mol. The van der Waals surface area contributed by atoms with E-state index in [1.807, 2.05) is 14.1 Å². The first-order valence-corrected chi connectivity index (χ1v) is 6.53. The quantitative estimate of drug-likeness (QED) is 0.888. The van der Waals surface area contributed by atoms with Crippen LogP contribution in [0.3, 0.4) is 0 Å². The van der Waals surface area contributed by atoms with Crippen molar-refractivity contribution in [1.82, 2.24) is 10.2 Å². The minimum absolute atomic E-state index is 0.104. The lowest BCUT2D eigenvalue weighted by atomic mass is 10.0. The first-order chi connectivity index (χ1) is 8.82. The molecular weight excluding hydrogens is 243 g/mol. The summed E-state index contributed by atoms with van der Waals surface area (Å²) in [5.74, 6) is -0.411. The fraction of sp³-hybridized carbons (Fsp3) is 0.533. The summed E-state index contributed by atoms with van der Waals surface area (Å²) in [6, 6.07) is 4.88. The van der Waals surface area contributed by atoms with Gasteiger partial charge in [0.2, 0.25) is 0 Å². The van der Waals surface area contributed by atoms with E-state index < -0.39 is 5.82 Å². The summed E-state index contributed by atoms with van der Waals surface area (Å²) in [4.78, 5) is 14.0. The minimum atomic E-state index is -0.469. The predicted molar refractivity (Wildman–Crippen MR) is 75.8 cm³/mol. The lowest BCUT2D eigenvalue weighted by Gasteiger charge is -2.28. The van der Waals surface area contributed by atoms with E-state index in [0.717, 1.165) is 5.56 Å². The van der Waals surface area contributed by atoms with Crippen LogP contribution in [0.1, 0.15) is 29.8 Å². The Balaban J connectivity index is 2.69. The molecule has 4 heteroatoms. The lowest BCUT2D eigenvalue weighted by molar-refractivity contribution is 0.0930. The molecule has 1 atom stereocenters. The first kappa shape index (κ1) is 15.6. The Morgan fingerprint density at radius 3 is 2.47 bits per heavy atom. The zero-order valence-electron chi connectivity index (χ0n) is 12.3. The molecule has 3 nitrogen and oxygen atoms in total. The molecule has 1 unspecified atom stereocenters. The van der Waals surface area contributed by atoms with Crippen LogP contribution < -0.4 is 5.32 Å². The number of likely N-dealkylation sites (N-methyl/N-ethyl adjacent to an activating group) is 1. The van der Waals surface area contributed by atoms with Gasteiger partial charge in [-0.2, -0.15) is 0 Å². The van der Waals surface area contributed by atoms with Crippen molar-refractivity contribution in [1.29, 1.82) is 0 Å². The number of hydrogen-bond donors (Lipinski definition) is 1. The molecule has 0 aliphatic rings. The summed E-state index contributed by atoms with van der Waals surface area (Å²) in [6.07, 6.45) is 0. The van der Waals surface area contributed by atoms with Gasteiger partial charge in [0, 0.05) is 12.6 Å². The number of amides is 1. The molecular formula is C15H23FN2O. The van der Waals surface area contributed by atoms with Crippen LogP contribution in [0.5, 0.6) is 0 Å². The summed E-state index contributed by atoms with van der Waals surface area (Å²) >= 11 is 0. The number of benzene rings is 1. The van der Waals surface area contributed by atoms with E-state index in [-0.39, 0.29) is 17.5 Å². The van der Waals surface area contributed by atoms with E-state index in [4.69, 9.17) is 0 Å². The third kappa shape index (κ3) is 4.31. The first-order valence-electron chi connectivity index (χ1n) is 6.53. The molecule has 1 rings (SSSR count). The van der Waals surface area contributed by atoms with Crippen molar-refractivity contribution in [3.63, 3.8) is 0 Å². The second-order valence-corrected chi connectivity index (χ2v) is 5.47. The maximum absolute atomic E-state index is 13.7. The minimum Gasteiger partial charge on any atom is -0.350 e. The van der Waals surface area contributed by atoms with E-state index in [9.17, 15) is 9.18 Å². The highest BCUT2D eigenvalue weighted by Crippen LogP contribution is 2.11. The zero-order valence-corrected chi connectivity index (χ0v) is 12.3. The molecule has 0 aliphatic heterocycles. The summed E-state index contributed by atoms with van der Waals surface area (Å²) in [6.45, 7) is 6.51. The number of carbonyl (C=O) groups excluding carboxylic acids is 1. The van der Waals surface area contributed by atoms with E-state index in [2.05, 4.69) is 24.1 Å². The third-order valence-corrected chi connectivity index (χ3v) is 3.27. The molecule has 1 N–H and O–H groups in total. The summed E-state index contributed by atoms with van der Waals surface area (Å²) < 4.78 is 13.7. The normalized spacial score (nSPS) is 12.8. The zero-order chi connectivity index (χ0) is 14.6. The molecule has 1 aromatic carbocycles. The number of rotatable bonds is 5. The fourth-order valence-electron chi connectivity index (χ4n) is 2.11. The molecule has 0 heterocycles. The Hall–Kier alpha value is -1.42. The summed E-state index contributed by atoms with van der Waals surface area (Å²) in [7, 11) is 3.95. The number of halogens is 1. The highest BCUT2D eigenvalue weighted by Gasteiger charge is 2.18. The molecule has 1 aromatic rings. The molecule has 0 spiro atoms. The molecule has 0 fully saturated rings. The van der Waals surface area contributed by atoms with Crippen LogP contribution >= 0.6 is 0 Å². The number of hydrogen-bond acceptors (Lipinski definition) is 2. The molecule has 1 amide bonds. The van der Waals surface area contributed by atoms with E-state index in [0.29, 0.717) is 12.5 Å². The van der Waals surface area contributed by atoms with Crippen molar-refractivity contribution in [2.75, 3.05) is 20.6 Å². The van der Waals surface area contributed by atoms with Gasteiger partial charge in [0.1, 0.15) is 5.82 Å². The Morgan fingerprint density at radius 1 is 1.37 bits per heavy atom. The predicted octanol–water partition coefficient (Wildman–Crippen LogP) is 2.45. The van der Waals surface area contributed by atoms with Gasteiger partial charge in [0.25, 0.3) is 5.91 Å². The molecule has 106 valence electrons. The third-order valence-electron chi connectivity index (χ3n) is 3.27. The van der Waals surface area contributed by atoms with E-state index in [1.54, 1.807) is 13.0 Å². The van der Waals surface area contributed by atoms with Gasteiger partial charge in [-0.05, 0) is 44.6 Å². The molecule has 0 radical (unpaired) electrons. The van der Waals surface area contributed by atoms with Crippen molar-refractivity contribution in [3.8, 4) is 0 Å². The summed E-state index contributed by atoms with van der Waals surface area (Å²) in [5, 5.41) is 2.80. The summed E-state index contributed by atoms with van der Waals surface area (Å²) in [5.41, 5.74) is 0.911. The topological polar surface area (TPSA) is 32.3 Å². The second kappa shape index (κ2) is 6.66. The maximum atomic E-state index is 13.7. The molecule has 0 saturated heterocycles. The van der Waals surface area contributed by atoms with Crippen LogP contribution in [-0.4, -0.2) is 37.5 Å². The van der Waals surface area contributed by atoms with Crippen LogP contribution in [0.15, 0.2) is 18.2 Å². The number of nitrogens with zero attached hydrogens (tertiary/aromatic N) is 1. The Morgan fingerprint density at radius 2 is 2.00 bits per heavy atom. The SMILES string of the molecule is Cc1ccc(C(=O)NCC(C(C)C)N(C)C)c(F)c1. The van der Waals surface area contributed by atoms with Gasteiger partial charge >= 0.3 is 0 Å². The van der Waals surface area contributed by atoms with E-state index in [1.165, 1.54) is 12.1 Å². The van der Waals surface area contributed by atoms with Gasteiger partial charge in [-0.15, -0.1) is 0 Å².